The Morgan fingerprint density at radius 2 is 1.78 bits per heavy atom. The van der Waals surface area contributed by atoms with E-state index in [1.807, 2.05) is 67.8 Å². The molecule has 2 amide bonds. The number of para-hydroxylation sites is 1. The topological polar surface area (TPSA) is 115 Å². The summed E-state index contributed by atoms with van der Waals surface area (Å²) in [5, 5.41) is 16.1. The third-order valence-corrected chi connectivity index (χ3v) is 7.80. The quantitative estimate of drug-likeness (QED) is 0.230. The van der Waals surface area contributed by atoms with Crippen molar-refractivity contribution in [3.8, 4) is 21.0 Å². The molecule has 10 heteroatoms. The molecule has 37 heavy (non-hydrogen) atoms. The molecule has 5 rings (SSSR count). The summed E-state index contributed by atoms with van der Waals surface area (Å²) in [5.41, 5.74) is 11.5. The van der Waals surface area contributed by atoms with Crippen LogP contribution in [0.1, 0.15) is 20.8 Å². The smallest absolute Gasteiger partial charge is 0.265 e. The number of rotatable bonds is 7. The van der Waals surface area contributed by atoms with Crippen molar-refractivity contribution >= 4 is 51.6 Å². The average molecular weight is 529 g/mol. The standard InChI is InChI=1S/C27H24N6O2S2/c1-16-5-3-6-17(2)26(16)30-25(34)15-33-14-21(31-32-33)23-10-11-24(37-23)27(35)29-20-13-18(8-9-19(20)28)22-7-4-12-36-22/h3-14H,15,28H2,1-2H3,(H,29,35)(H,30,34). The molecule has 0 saturated carbocycles. The molecule has 0 unspecified atom stereocenters. The van der Waals surface area contributed by atoms with E-state index in [1.54, 1.807) is 29.7 Å². The van der Waals surface area contributed by atoms with Crippen molar-refractivity contribution in [3.63, 3.8) is 0 Å². The molecule has 0 aliphatic rings. The van der Waals surface area contributed by atoms with Crippen molar-refractivity contribution in [2.45, 2.75) is 20.4 Å². The minimum atomic E-state index is -0.258. The van der Waals surface area contributed by atoms with Crippen molar-refractivity contribution in [3.05, 3.63) is 88.2 Å². The number of amides is 2. The van der Waals surface area contributed by atoms with E-state index in [0.29, 0.717) is 21.9 Å². The Kier molecular flexibility index (Phi) is 6.85. The van der Waals surface area contributed by atoms with Crippen LogP contribution in [0, 0.1) is 13.8 Å². The number of aromatic nitrogens is 3. The Bertz CT molecular complexity index is 1570. The van der Waals surface area contributed by atoms with Gasteiger partial charge in [-0.3, -0.25) is 9.59 Å². The Labute approximate surface area is 221 Å². The summed E-state index contributed by atoms with van der Waals surface area (Å²) in [4.78, 5) is 27.9. The largest absolute Gasteiger partial charge is 0.397 e. The van der Waals surface area contributed by atoms with Gasteiger partial charge in [0.25, 0.3) is 5.91 Å². The molecule has 5 aromatic rings. The summed E-state index contributed by atoms with van der Waals surface area (Å²) >= 11 is 2.92. The van der Waals surface area contributed by atoms with E-state index in [0.717, 1.165) is 32.1 Å². The summed E-state index contributed by atoms with van der Waals surface area (Å²) < 4.78 is 1.48. The highest BCUT2D eigenvalue weighted by atomic mass is 32.1. The summed E-state index contributed by atoms with van der Waals surface area (Å²) in [6.45, 7) is 3.93. The van der Waals surface area contributed by atoms with Crippen molar-refractivity contribution in [2.75, 3.05) is 16.4 Å². The highest BCUT2D eigenvalue weighted by Crippen LogP contribution is 2.32. The fourth-order valence-electron chi connectivity index (χ4n) is 3.87. The van der Waals surface area contributed by atoms with Gasteiger partial charge in [-0.15, -0.1) is 27.8 Å². The van der Waals surface area contributed by atoms with Gasteiger partial charge in [-0.05, 0) is 66.2 Å². The first kappa shape index (κ1) is 24.4. The summed E-state index contributed by atoms with van der Waals surface area (Å²) in [5.74, 6) is -0.450. The van der Waals surface area contributed by atoms with E-state index in [1.165, 1.54) is 16.0 Å². The van der Waals surface area contributed by atoms with Gasteiger partial charge in [-0.2, -0.15) is 0 Å². The molecule has 0 fully saturated rings. The number of hydrogen-bond donors (Lipinski definition) is 3. The first-order valence-corrected chi connectivity index (χ1v) is 13.2. The van der Waals surface area contributed by atoms with E-state index in [2.05, 4.69) is 20.9 Å². The molecule has 8 nitrogen and oxygen atoms in total. The third-order valence-electron chi connectivity index (χ3n) is 5.78. The van der Waals surface area contributed by atoms with Gasteiger partial charge in [0, 0.05) is 10.6 Å². The Hall–Kier alpha value is -4.28. The first-order chi connectivity index (χ1) is 17.9. The van der Waals surface area contributed by atoms with Crippen molar-refractivity contribution < 1.29 is 9.59 Å². The van der Waals surface area contributed by atoms with Gasteiger partial charge in [-0.1, -0.05) is 35.5 Å². The number of nitrogens with two attached hydrogens (primary N) is 1. The van der Waals surface area contributed by atoms with Crippen LogP contribution in [0.4, 0.5) is 17.1 Å². The van der Waals surface area contributed by atoms with Crippen LogP contribution in [0.25, 0.3) is 21.0 Å². The van der Waals surface area contributed by atoms with Crippen molar-refractivity contribution in [2.24, 2.45) is 0 Å². The van der Waals surface area contributed by atoms with Gasteiger partial charge in [0.05, 0.1) is 27.3 Å². The number of carbonyl (C=O) groups excluding carboxylic acids is 2. The van der Waals surface area contributed by atoms with Crippen molar-refractivity contribution in [1.29, 1.82) is 0 Å². The van der Waals surface area contributed by atoms with Gasteiger partial charge in [-0.25, -0.2) is 4.68 Å². The molecule has 0 aliphatic carbocycles. The Morgan fingerprint density at radius 3 is 2.54 bits per heavy atom. The predicted octanol–water partition coefficient (Wildman–Crippen LogP) is 5.83. The molecular formula is C27H24N6O2S2. The fraction of sp³-hybridized carbons (Fsp3) is 0.111. The number of thiophene rings is 2. The lowest BCUT2D eigenvalue weighted by atomic mass is 10.1. The van der Waals surface area contributed by atoms with Gasteiger partial charge in [0.1, 0.15) is 12.2 Å². The second-order valence-electron chi connectivity index (χ2n) is 8.51. The lowest BCUT2D eigenvalue weighted by Crippen LogP contribution is -2.20. The minimum Gasteiger partial charge on any atom is -0.397 e. The molecule has 3 heterocycles. The lowest BCUT2D eigenvalue weighted by molar-refractivity contribution is -0.116. The predicted molar refractivity (Wildman–Crippen MR) is 150 cm³/mol. The normalized spacial score (nSPS) is 10.9. The number of carbonyl (C=O) groups is 2. The van der Waals surface area contributed by atoms with Gasteiger partial charge < -0.3 is 16.4 Å². The number of nitrogen functional groups attached to an aromatic ring is 1. The molecule has 0 radical (unpaired) electrons. The summed E-state index contributed by atoms with van der Waals surface area (Å²) in [6, 6.07) is 19.0. The maximum absolute atomic E-state index is 12.9. The molecule has 2 aromatic carbocycles. The zero-order valence-electron chi connectivity index (χ0n) is 20.2. The van der Waals surface area contributed by atoms with Crippen LogP contribution in [0.2, 0.25) is 0 Å². The van der Waals surface area contributed by atoms with Crippen LogP contribution in [0.15, 0.2) is 72.2 Å². The number of hydrogen-bond acceptors (Lipinski definition) is 7. The number of benzene rings is 2. The number of aryl methyl sites for hydroxylation is 2. The van der Waals surface area contributed by atoms with E-state index >= 15 is 0 Å². The molecule has 0 atom stereocenters. The van der Waals surface area contributed by atoms with Crippen LogP contribution in [0.3, 0.4) is 0 Å². The second kappa shape index (κ2) is 10.4. The SMILES string of the molecule is Cc1cccc(C)c1NC(=O)Cn1cc(-c2ccc(C(=O)Nc3cc(-c4cccs4)ccc3N)s2)nn1. The highest BCUT2D eigenvalue weighted by molar-refractivity contribution is 7.17. The molecular weight excluding hydrogens is 504 g/mol. The zero-order chi connectivity index (χ0) is 25.9. The summed E-state index contributed by atoms with van der Waals surface area (Å²) in [6.07, 6.45) is 1.69. The first-order valence-electron chi connectivity index (χ1n) is 11.5. The van der Waals surface area contributed by atoms with E-state index < -0.39 is 0 Å². The van der Waals surface area contributed by atoms with E-state index in [4.69, 9.17) is 5.73 Å². The van der Waals surface area contributed by atoms with E-state index in [-0.39, 0.29) is 18.4 Å². The van der Waals surface area contributed by atoms with Gasteiger partial charge in [0.2, 0.25) is 5.91 Å². The summed E-state index contributed by atoms with van der Waals surface area (Å²) in [7, 11) is 0. The Balaban J connectivity index is 1.25. The number of nitrogens with zero attached hydrogens (tertiary/aromatic N) is 3. The molecule has 0 aliphatic heterocycles. The number of nitrogens with one attached hydrogen (secondary N) is 2. The van der Waals surface area contributed by atoms with Crippen LogP contribution >= 0.6 is 22.7 Å². The van der Waals surface area contributed by atoms with Gasteiger partial charge in [0.15, 0.2) is 0 Å². The monoisotopic (exact) mass is 528 g/mol. The highest BCUT2D eigenvalue weighted by Gasteiger charge is 2.16. The molecule has 0 saturated heterocycles. The van der Waals surface area contributed by atoms with Gasteiger partial charge >= 0.3 is 0 Å². The van der Waals surface area contributed by atoms with Crippen molar-refractivity contribution in [1.82, 2.24) is 15.0 Å². The maximum Gasteiger partial charge on any atom is 0.265 e. The third kappa shape index (κ3) is 5.45. The molecule has 0 bridgehead atoms. The van der Waals surface area contributed by atoms with Crippen LogP contribution in [-0.2, 0) is 11.3 Å². The maximum atomic E-state index is 12.9. The van der Waals surface area contributed by atoms with E-state index in [9.17, 15) is 9.59 Å². The molecule has 4 N–H and O–H groups in total. The fourth-order valence-corrected chi connectivity index (χ4v) is 5.44. The van der Waals surface area contributed by atoms with Crippen LogP contribution < -0.4 is 16.4 Å². The molecule has 3 aromatic heterocycles. The van der Waals surface area contributed by atoms with Crippen LogP contribution in [-0.4, -0.2) is 26.8 Å². The lowest BCUT2D eigenvalue weighted by Gasteiger charge is -2.11. The number of anilines is 3. The minimum absolute atomic E-state index is 0.0271. The molecule has 186 valence electrons. The Morgan fingerprint density at radius 1 is 0.973 bits per heavy atom. The average Bonchev–Trinajstić information content (AvgIpc) is 3.65. The molecule has 0 spiro atoms. The second-order valence-corrected chi connectivity index (χ2v) is 10.5. The zero-order valence-corrected chi connectivity index (χ0v) is 21.8. The van der Waals surface area contributed by atoms with Crippen LogP contribution in [0.5, 0.6) is 0 Å².